The summed E-state index contributed by atoms with van der Waals surface area (Å²) < 4.78 is 5.86. The Labute approximate surface area is 147 Å². The van der Waals surface area contributed by atoms with Crippen LogP contribution >= 0.6 is 0 Å². The summed E-state index contributed by atoms with van der Waals surface area (Å²) in [5, 5.41) is 13.1. The summed E-state index contributed by atoms with van der Waals surface area (Å²) in [5.41, 5.74) is 4.63. The number of para-hydroxylation sites is 1. The van der Waals surface area contributed by atoms with Gasteiger partial charge >= 0.3 is 0 Å². The van der Waals surface area contributed by atoms with E-state index < -0.39 is 12.0 Å². The zero-order chi connectivity index (χ0) is 18.1. The van der Waals surface area contributed by atoms with Crippen molar-refractivity contribution in [1.82, 2.24) is 5.43 Å². The maximum Gasteiger partial charge on any atom is 0.154 e. The second-order valence-corrected chi connectivity index (χ2v) is 5.71. The van der Waals surface area contributed by atoms with E-state index in [4.69, 9.17) is 10.00 Å². The molecule has 2 rings (SSSR count). The number of ketones is 1. The topological polar surface area (TPSA) is 74.5 Å². The number of hydrazone groups is 1. The first kappa shape index (κ1) is 18.2. The predicted molar refractivity (Wildman–Crippen MR) is 97.2 cm³/mol. The van der Waals surface area contributed by atoms with Crippen molar-refractivity contribution in [2.45, 2.75) is 26.5 Å². The van der Waals surface area contributed by atoms with Crippen molar-refractivity contribution >= 4 is 12.0 Å². The van der Waals surface area contributed by atoms with Crippen LogP contribution in [0, 0.1) is 17.2 Å². The average molecular weight is 335 g/mol. The van der Waals surface area contributed by atoms with Gasteiger partial charge in [-0.05, 0) is 31.5 Å². The fourth-order valence-corrected chi connectivity index (χ4v) is 2.27. The molecule has 128 valence electrons. The number of hydrogen-bond acceptors (Lipinski definition) is 5. The Morgan fingerprint density at radius 2 is 1.92 bits per heavy atom. The Morgan fingerprint density at radius 3 is 2.60 bits per heavy atom. The average Bonchev–Trinajstić information content (AvgIpc) is 2.64. The maximum absolute atomic E-state index is 11.6. The predicted octanol–water partition coefficient (Wildman–Crippen LogP) is 3.31. The molecular weight excluding hydrogens is 314 g/mol. The number of nitrogens with zero attached hydrogens (tertiary/aromatic N) is 2. The van der Waals surface area contributed by atoms with E-state index in [0.29, 0.717) is 12.4 Å². The third-order valence-electron chi connectivity index (χ3n) is 3.72. The summed E-state index contributed by atoms with van der Waals surface area (Å²) in [6, 6.07) is 18.8. The highest BCUT2D eigenvalue weighted by Gasteiger charge is 2.20. The smallest absolute Gasteiger partial charge is 0.154 e. The van der Waals surface area contributed by atoms with E-state index in [9.17, 15) is 4.79 Å². The van der Waals surface area contributed by atoms with Crippen LogP contribution in [0.1, 0.15) is 25.0 Å². The standard InChI is InChI=1S/C20H21N3O2/c1-15(12-21)20(16(2)24)23-22-13-18-10-6-7-11-19(18)25-14-17-8-4-3-5-9-17/h3-11,13,15,20,23H,14H2,1-2H3. The molecule has 2 unspecified atom stereocenters. The molecule has 2 aromatic rings. The van der Waals surface area contributed by atoms with Crippen LogP contribution < -0.4 is 10.2 Å². The van der Waals surface area contributed by atoms with Gasteiger partial charge in [-0.3, -0.25) is 10.2 Å². The Hall–Kier alpha value is -3.13. The number of carbonyl (C=O) groups excluding carboxylic acids is 1. The van der Waals surface area contributed by atoms with E-state index in [1.165, 1.54) is 6.92 Å². The van der Waals surface area contributed by atoms with Crippen molar-refractivity contribution in [2.24, 2.45) is 11.0 Å². The van der Waals surface area contributed by atoms with Gasteiger partial charge in [-0.15, -0.1) is 0 Å². The second kappa shape index (κ2) is 9.24. The molecule has 1 N–H and O–H groups in total. The van der Waals surface area contributed by atoms with E-state index in [1.54, 1.807) is 13.1 Å². The van der Waals surface area contributed by atoms with Crippen LogP contribution in [0.4, 0.5) is 0 Å². The highest BCUT2D eigenvalue weighted by molar-refractivity contribution is 5.84. The SMILES string of the molecule is CC(=O)C(NN=Cc1ccccc1OCc1ccccc1)C(C)C#N. The number of benzene rings is 2. The number of Topliss-reactive ketones (excluding diaryl/α,β-unsaturated/α-hetero) is 1. The van der Waals surface area contributed by atoms with Gasteiger partial charge in [0.2, 0.25) is 0 Å². The zero-order valence-electron chi connectivity index (χ0n) is 14.3. The van der Waals surface area contributed by atoms with Crippen molar-refractivity contribution in [3.63, 3.8) is 0 Å². The van der Waals surface area contributed by atoms with Gasteiger partial charge in [0.1, 0.15) is 18.4 Å². The fourth-order valence-electron chi connectivity index (χ4n) is 2.27. The molecule has 0 aliphatic carbocycles. The number of hydrogen-bond donors (Lipinski definition) is 1. The minimum Gasteiger partial charge on any atom is -0.488 e. The summed E-state index contributed by atoms with van der Waals surface area (Å²) >= 11 is 0. The first-order valence-corrected chi connectivity index (χ1v) is 8.06. The van der Waals surface area contributed by atoms with Gasteiger partial charge in [-0.2, -0.15) is 10.4 Å². The molecule has 2 atom stereocenters. The quantitative estimate of drug-likeness (QED) is 0.593. The molecule has 2 aromatic carbocycles. The molecule has 0 aliphatic heterocycles. The third kappa shape index (κ3) is 5.47. The summed E-state index contributed by atoms with van der Waals surface area (Å²) in [6.45, 7) is 3.59. The van der Waals surface area contributed by atoms with Gasteiger partial charge in [-0.1, -0.05) is 42.5 Å². The summed E-state index contributed by atoms with van der Waals surface area (Å²) in [5.74, 6) is 0.114. The van der Waals surface area contributed by atoms with Crippen molar-refractivity contribution in [3.05, 3.63) is 65.7 Å². The molecule has 25 heavy (non-hydrogen) atoms. The molecule has 5 heteroatoms. The van der Waals surface area contributed by atoms with Crippen molar-refractivity contribution in [2.75, 3.05) is 0 Å². The molecular formula is C20H21N3O2. The lowest BCUT2D eigenvalue weighted by Crippen LogP contribution is -2.37. The fraction of sp³-hybridized carbons (Fsp3) is 0.250. The van der Waals surface area contributed by atoms with Crippen molar-refractivity contribution in [3.8, 4) is 11.8 Å². The van der Waals surface area contributed by atoms with Gasteiger partial charge in [0, 0.05) is 5.56 Å². The minimum atomic E-state index is -0.626. The van der Waals surface area contributed by atoms with Crippen molar-refractivity contribution in [1.29, 1.82) is 5.26 Å². The number of nitriles is 1. The monoisotopic (exact) mass is 335 g/mol. The van der Waals surface area contributed by atoms with Crippen LogP contribution in [0.5, 0.6) is 5.75 Å². The van der Waals surface area contributed by atoms with Crippen LogP contribution in [0.15, 0.2) is 59.7 Å². The largest absolute Gasteiger partial charge is 0.488 e. The number of carbonyl (C=O) groups is 1. The lowest BCUT2D eigenvalue weighted by Gasteiger charge is -2.15. The number of rotatable bonds is 8. The van der Waals surface area contributed by atoms with Crippen LogP contribution in [0.2, 0.25) is 0 Å². The van der Waals surface area contributed by atoms with E-state index in [0.717, 1.165) is 11.1 Å². The second-order valence-electron chi connectivity index (χ2n) is 5.71. The van der Waals surface area contributed by atoms with Gasteiger partial charge in [-0.25, -0.2) is 0 Å². The molecule has 0 aromatic heterocycles. The lowest BCUT2D eigenvalue weighted by atomic mass is 10.0. The molecule has 0 heterocycles. The molecule has 0 bridgehead atoms. The van der Waals surface area contributed by atoms with E-state index in [1.807, 2.05) is 54.6 Å². The van der Waals surface area contributed by atoms with Crippen LogP contribution in [-0.4, -0.2) is 18.0 Å². The van der Waals surface area contributed by atoms with Crippen LogP contribution in [-0.2, 0) is 11.4 Å². The number of ether oxygens (including phenoxy) is 1. The molecule has 0 spiro atoms. The summed E-state index contributed by atoms with van der Waals surface area (Å²) in [7, 11) is 0. The lowest BCUT2D eigenvalue weighted by molar-refractivity contribution is -0.119. The Bertz CT molecular complexity index is 766. The summed E-state index contributed by atoms with van der Waals surface area (Å²) in [4.78, 5) is 11.6. The van der Waals surface area contributed by atoms with E-state index >= 15 is 0 Å². The number of nitrogens with one attached hydrogen (secondary N) is 1. The molecule has 0 fully saturated rings. The molecule has 5 nitrogen and oxygen atoms in total. The minimum absolute atomic E-state index is 0.125. The molecule has 0 amide bonds. The van der Waals surface area contributed by atoms with Gasteiger partial charge in [0.15, 0.2) is 5.78 Å². The maximum atomic E-state index is 11.6. The van der Waals surface area contributed by atoms with Gasteiger partial charge in [0.05, 0.1) is 18.2 Å². The molecule has 0 saturated heterocycles. The first-order chi connectivity index (χ1) is 12.1. The first-order valence-electron chi connectivity index (χ1n) is 8.06. The normalized spacial score (nSPS) is 13.0. The third-order valence-corrected chi connectivity index (χ3v) is 3.72. The van der Waals surface area contributed by atoms with Crippen molar-refractivity contribution < 1.29 is 9.53 Å². The summed E-state index contributed by atoms with van der Waals surface area (Å²) in [6.07, 6.45) is 1.60. The van der Waals surface area contributed by atoms with E-state index in [2.05, 4.69) is 16.6 Å². The highest BCUT2D eigenvalue weighted by Crippen LogP contribution is 2.17. The van der Waals surface area contributed by atoms with Crippen LogP contribution in [0.3, 0.4) is 0 Å². The van der Waals surface area contributed by atoms with Gasteiger partial charge < -0.3 is 4.74 Å². The zero-order valence-corrected chi connectivity index (χ0v) is 14.3. The Balaban J connectivity index is 2.04. The Kier molecular flexibility index (Phi) is 6.73. The molecule has 0 radical (unpaired) electrons. The Morgan fingerprint density at radius 1 is 1.24 bits per heavy atom. The molecule has 0 aliphatic rings. The molecule has 0 saturated carbocycles. The van der Waals surface area contributed by atoms with Gasteiger partial charge in [0.25, 0.3) is 0 Å². The van der Waals surface area contributed by atoms with E-state index in [-0.39, 0.29) is 5.78 Å². The highest BCUT2D eigenvalue weighted by atomic mass is 16.5. The van der Waals surface area contributed by atoms with Crippen LogP contribution in [0.25, 0.3) is 0 Å².